The zero-order valence-corrected chi connectivity index (χ0v) is 3.38. The van der Waals surface area contributed by atoms with Crippen LogP contribution < -0.4 is 5.43 Å². The molecule has 0 amide bonds. The summed E-state index contributed by atoms with van der Waals surface area (Å²) in [5, 5.41) is 10.3. The summed E-state index contributed by atoms with van der Waals surface area (Å²) >= 11 is 0. The van der Waals surface area contributed by atoms with Crippen molar-refractivity contribution >= 4 is 0 Å². The van der Waals surface area contributed by atoms with Gasteiger partial charge in [-0.3, -0.25) is 0 Å². The monoisotopic (exact) mass is 90.0 g/mol. The third kappa shape index (κ3) is 3.36. The second kappa shape index (κ2) is 2.59. The molecule has 0 aromatic carbocycles. The molecule has 0 spiro atoms. The lowest BCUT2D eigenvalue weighted by molar-refractivity contribution is 0.158. The molecule has 0 bridgehead atoms. The molecule has 0 aromatic heterocycles. The van der Waals surface area contributed by atoms with Gasteiger partial charge in [-0.25, -0.2) is 5.43 Å². The van der Waals surface area contributed by atoms with Crippen LogP contribution >= 0.6 is 0 Å². The average molecular weight is 90.1 g/mol. The third-order valence-corrected chi connectivity index (χ3v) is 0.240. The number of hydrogen-bond donors (Lipinski definition) is 2. The normalized spacial score (nSPS) is 13.0. The van der Waals surface area contributed by atoms with Gasteiger partial charge in [-0.1, -0.05) is 0 Å². The van der Waals surface area contributed by atoms with Crippen LogP contribution in [0.4, 0.5) is 0 Å². The first-order chi connectivity index (χ1) is 2.77. The zero-order valence-electron chi connectivity index (χ0n) is 3.38. The molecule has 0 aliphatic rings. The molecule has 0 rings (SSSR count). The largest absolute Gasteiger partial charge is 0.373 e. The molecule has 0 saturated carbocycles. The molecule has 4 heteroatoms. The van der Waals surface area contributed by atoms with Gasteiger partial charge in [0.05, 0.1) is 5.29 Å². The van der Waals surface area contributed by atoms with E-state index in [1.54, 1.807) is 0 Å². The van der Waals surface area contributed by atoms with Crippen LogP contribution in [0.15, 0.2) is 5.29 Å². The third-order valence-electron chi connectivity index (χ3n) is 0.240. The highest BCUT2D eigenvalue weighted by molar-refractivity contribution is 4.30. The van der Waals surface area contributed by atoms with Crippen molar-refractivity contribution in [1.82, 2.24) is 5.43 Å². The maximum absolute atomic E-state index is 9.09. The maximum atomic E-state index is 9.09. The lowest BCUT2D eigenvalue weighted by Gasteiger charge is -1.93. The van der Waals surface area contributed by atoms with Gasteiger partial charge < -0.3 is 5.11 Å². The van der Waals surface area contributed by atoms with Crippen LogP contribution in [-0.4, -0.2) is 11.3 Å². The Bertz CT molecular complexity index is 44.8. The van der Waals surface area contributed by atoms with Crippen molar-refractivity contribution in [2.75, 3.05) is 0 Å². The molecule has 0 aliphatic carbocycles. The van der Waals surface area contributed by atoms with E-state index in [0.717, 1.165) is 0 Å². The van der Waals surface area contributed by atoms with Crippen LogP contribution in [-0.2, 0) is 0 Å². The summed E-state index contributed by atoms with van der Waals surface area (Å²) in [5.41, 5.74) is 1.83. The summed E-state index contributed by atoms with van der Waals surface area (Å²) in [6.07, 6.45) is -0.831. The van der Waals surface area contributed by atoms with E-state index in [1.807, 2.05) is 5.43 Å². The Hall–Kier alpha value is -0.640. The molecule has 4 nitrogen and oxygen atoms in total. The second-order valence-corrected chi connectivity index (χ2v) is 0.896. The summed E-state index contributed by atoms with van der Waals surface area (Å²) in [6.45, 7) is 1.40. The van der Waals surface area contributed by atoms with E-state index in [2.05, 4.69) is 5.29 Å². The van der Waals surface area contributed by atoms with Crippen molar-refractivity contribution in [3.8, 4) is 0 Å². The average Bonchev–Trinajstić information content (AvgIpc) is 1.35. The van der Waals surface area contributed by atoms with Crippen LogP contribution in [0.3, 0.4) is 0 Å². The zero-order chi connectivity index (χ0) is 4.99. The molecule has 0 aromatic rings. The lowest BCUT2D eigenvalue weighted by atomic mass is 10.7. The molecule has 0 fully saturated rings. The molecule has 36 valence electrons. The van der Waals surface area contributed by atoms with Gasteiger partial charge in [-0.05, 0) is 6.92 Å². The Balaban J connectivity index is 2.81. The molecule has 1 unspecified atom stereocenters. The summed E-state index contributed by atoms with van der Waals surface area (Å²) in [5.74, 6) is 0. The number of aliphatic hydroxyl groups is 1. The van der Waals surface area contributed by atoms with Crippen molar-refractivity contribution in [2.45, 2.75) is 13.2 Å². The minimum Gasteiger partial charge on any atom is -0.373 e. The fourth-order valence-electron chi connectivity index (χ4n) is 0.0763. The molecular formula is C2H6N2O2. The number of hydrogen-bond acceptors (Lipinski definition) is 3. The first-order valence-corrected chi connectivity index (χ1v) is 1.53. The van der Waals surface area contributed by atoms with Gasteiger partial charge in [0.15, 0.2) is 0 Å². The van der Waals surface area contributed by atoms with Gasteiger partial charge in [0, 0.05) is 0 Å². The van der Waals surface area contributed by atoms with Crippen molar-refractivity contribution in [3.05, 3.63) is 4.91 Å². The standard InChI is InChI=1S/C2H6N2O2/c1-2(5)3-4-6/h2,5H,1H3,(H,3,6). The van der Waals surface area contributed by atoms with E-state index in [9.17, 15) is 0 Å². The Morgan fingerprint density at radius 2 is 2.50 bits per heavy atom. The molecule has 0 heterocycles. The van der Waals surface area contributed by atoms with Gasteiger partial charge in [0.1, 0.15) is 6.23 Å². The Labute approximate surface area is 35.1 Å². The maximum Gasteiger partial charge on any atom is 0.140 e. The molecule has 0 radical (unpaired) electrons. The fourth-order valence-corrected chi connectivity index (χ4v) is 0.0763. The van der Waals surface area contributed by atoms with Gasteiger partial charge in [0.25, 0.3) is 0 Å². The Morgan fingerprint density at radius 1 is 2.00 bits per heavy atom. The smallest absolute Gasteiger partial charge is 0.140 e. The van der Waals surface area contributed by atoms with Gasteiger partial charge in [0.2, 0.25) is 0 Å². The van der Waals surface area contributed by atoms with Crippen LogP contribution in [0, 0.1) is 4.91 Å². The van der Waals surface area contributed by atoms with Crippen LogP contribution in [0.1, 0.15) is 6.92 Å². The first kappa shape index (κ1) is 5.36. The Kier molecular flexibility index (Phi) is 2.31. The van der Waals surface area contributed by atoms with E-state index in [4.69, 9.17) is 10.0 Å². The fraction of sp³-hybridized carbons (Fsp3) is 1.00. The molecule has 2 N–H and O–H groups in total. The number of nitroso groups, excluding NO2 is 1. The summed E-state index contributed by atoms with van der Waals surface area (Å²) in [6, 6.07) is 0. The van der Waals surface area contributed by atoms with Crippen molar-refractivity contribution < 1.29 is 5.11 Å². The number of aliphatic hydroxyl groups excluding tert-OH is 1. The highest BCUT2D eigenvalue weighted by Crippen LogP contribution is 1.65. The predicted molar refractivity (Wildman–Crippen MR) is 20.6 cm³/mol. The van der Waals surface area contributed by atoms with E-state index >= 15 is 0 Å². The first-order valence-electron chi connectivity index (χ1n) is 1.53. The summed E-state index contributed by atoms with van der Waals surface area (Å²) < 4.78 is 0. The quantitative estimate of drug-likeness (QED) is 0.275. The summed E-state index contributed by atoms with van der Waals surface area (Å²) in [7, 11) is 0. The molecular weight excluding hydrogens is 84.0 g/mol. The van der Waals surface area contributed by atoms with Crippen molar-refractivity contribution in [1.29, 1.82) is 0 Å². The number of nitrogens with one attached hydrogen (secondary N) is 1. The molecule has 6 heavy (non-hydrogen) atoms. The van der Waals surface area contributed by atoms with E-state index < -0.39 is 6.23 Å². The number of rotatable bonds is 2. The summed E-state index contributed by atoms with van der Waals surface area (Å²) in [4.78, 5) is 9.09. The number of nitrogens with zero attached hydrogens (tertiary/aromatic N) is 1. The van der Waals surface area contributed by atoms with E-state index in [1.165, 1.54) is 6.92 Å². The van der Waals surface area contributed by atoms with Crippen LogP contribution in [0.25, 0.3) is 0 Å². The van der Waals surface area contributed by atoms with Gasteiger partial charge in [-0.2, -0.15) is 0 Å². The highest BCUT2D eigenvalue weighted by atomic mass is 16.3. The minimum atomic E-state index is -0.831. The van der Waals surface area contributed by atoms with Crippen molar-refractivity contribution in [2.24, 2.45) is 5.29 Å². The van der Waals surface area contributed by atoms with E-state index in [0.29, 0.717) is 0 Å². The second-order valence-electron chi connectivity index (χ2n) is 0.896. The molecule has 1 atom stereocenters. The highest BCUT2D eigenvalue weighted by Gasteiger charge is 1.84. The lowest BCUT2D eigenvalue weighted by Crippen LogP contribution is -2.17. The predicted octanol–water partition coefficient (Wildman–Crippen LogP) is -0.404. The van der Waals surface area contributed by atoms with Crippen LogP contribution in [0.2, 0.25) is 0 Å². The Morgan fingerprint density at radius 3 is 2.50 bits per heavy atom. The SMILES string of the molecule is CC(O)NN=O. The van der Waals surface area contributed by atoms with Gasteiger partial charge in [-0.15, -0.1) is 4.91 Å². The topological polar surface area (TPSA) is 61.7 Å². The molecule has 0 aliphatic heterocycles. The van der Waals surface area contributed by atoms with E-state index in [-0.39, 0.29) is 0 Å². The van der Waals surface area contributed by atoms with Crippen LogP contribution in [0.5, 0.6) is 0 Å². The van der Waals surface area contributed by atoms with Gasteiger partial charge >= 0.3 is 0 Å². The minimum absolute atomic E-state index is 0.831. The molecule has 0 saturated heterocycles. The van der Waals surface area contributed by atoms with Crippen molar-refractivity contribution in [3.63, 3.8) is 0 Å².